The molecule has 88 valence electrons. The number of anilines is 1. The van der Waals surface area contributed by atoms with E-state index in [0.29, 0.717) is 16.9 Å². The summed E-state index contributed by atoms with van der Waals surface area (Å²) < 4.78 is 4.88. The van der Waals surface area contributed by atoms with Gasteiger partial charge in [0.15, 0.2) is 11.7 Å². The van der Waals surface area contributed by atoms with Crippen molar-refractivity contribution in [1.29, 1.82) is 0 Å². The molecule has 4 nitrogen and oxygen atoms in total. The van der Waals surface area contributed by atoms with E-state index in [0.717, 1.165) is 0 Å². The Kier molecular flexibility index (Phi) is 2.95. The van der Waals surface area contributed by atoms with Crippen LogP contribution in [-0.2, 0) is 9.53 Å². The largest absolute Gasteiger partial charge is 0.465 e. The van der Waals surface area contributed by atoms with Crippen LogP contribution in [0.1, 0.15) is 17.3 Å². The molecule has 0 saturated heterocycles. The Bertz CT molecular complexity index is 493. The fourth-order valence-electron chi connectivity index (χ4n) is 1.84. The number of fused-ring (bicyclic) bond motifs is 1. The number of para-hydroxylation sites is 1. The van der Waals surface area contributed by atoms with Crippen LogP contribution in [0.15, 0.2) is 36.5 Å². The second-order valence-corrected chi connectivity index (χ2v) is 3.75. The van der Waals surface area contributed by atoms with Gasteiger partial charge in [-0.05, 0) is 19.1 Å². The molecule has 0 bridgehead atoms. The van der Waals surface area contributed by atoms with E-state index in [1.165, 1.54) is 0 Å². The number of rotatable bonds is 2. The summed E-state index contributed by atoms with van der Waals surface area (Å²) in [4.78, 5) is 23.8. The molecule has 0 amide bonds. The van der Waals surface area contributed by atoms with Crippen LogP contribution in [0.25, 0.3) is 0 Å². The van der Waals surface area contributed by atoms with E-state index in [-0.39, 0.29) is 12.4 Å². The number of hydrogen-bond donors (Lipinski definition) is 1. The molecule has 1 aliphatic heterocycles. The molecule has 1 aromatic carbocycles. The first-order valence-corrected chi connectivity index (χ1v) is 5.41. The van der Waals surface area contributed by atoms with E-state index in [4.69, 9.17) is 4.74 Å². The van der Waals surface area contributed by atoms with E-state index < -0.39 is 11.9 Å². The first kappa shape index (κ1) is 11.4. The van der Waals surface area contributed by atoms with Crippen LogP contribution < -0.4 is 5.32 Å². The summed E-state index contributed by atoms with van der Waals surface area (Å²) in [5.74, 6) is -1.75. The monoisotopic (exact) mass is 231 g/mol. The first-order valence-electron chi connectivity index (χ1n) is 5.41. The molecular weight excluding hydrogens is 218 g/mol. The molecule has 1 N–H and O–H groups in total. The van der Waals surface area contributed by atoms with Crippen LogP contribution >= 0.6 is 0 Å². The van der Waals surface area contributed by atoms with Gasteiger partial charge in [0.1, 0.15) is 0 Å². The van der Waals surface area contributed by atoms with E-state index >= 15 is 0 Å². The number of hydrogen-bond acceptors (Lipinski definition) is 4. The van der Waals surface area contributed by atoms with Crippen molar-refractivity contribution >= 4 is 17.4 Å². The van der Waals surface area contributed by atoms with Gasteiger partial charge in [-0.1, -0.05) is 18.7 Å². The molecular formula is C13H13NO3. The van der Waals surface area contributed by atoms with Crippen LogP contribution in [0.2, 0.25) is 0 Å². The van der Waals surface area contributed by atoms with Gasteiger partial charge in [0.25, 0.3) is 0 Å². The molecule has 0 radical (unpaired) electrons. The molecule has 17 heavy (non-hydrogen) atoms. The van der Waals surface area contributed by atoms with Crippen molar-refractivity contribution in [3.8, 4) is 0 Å². The fraction of sp³-hybridized carbons (Fsp3) is 0.231. The lowest BCUT2D eigenvalue weighted by atomic mass is 9.90. The minimum Gasteiger partial charge on any atom is -0.465 e. The minimum atomic E-state index is -0.940. The molecule has 0 aromatic heterocycles. The maximum Gasteiger partial charge on any atom is 0.322 e. The minimum absolute atomic E-state index is 0.248. The Balaban J connectivity index is 2.37. The lowest BCUT2D eigenvalue weighted by molar-refractivity contribution is -0.145. The molecule has 2 rings (SSSR count). The van der Waals surface area contributed by atoms with Gasteiger partial charge in [0.2, 0.25) is 0 Å². The summed E-state index contributed by atoms with van der Waals surface area (Å²) in [6, 6.07) is 7.04. The molecule has 1 heterocycles. The molecule has 0 spiro atoms. The number of ether oxygens (including phenoxy) is 1. The summed E-state index contributed by atoms with van der Waals surface area (Å²) in [5, 5.41) is 2.96. The van der Waals surface area contributed by atoms with E-state index in [1.54, 1.807) is 25.1 Å². The van der Waals surface area contributed by atoms with Gasteiger partial charge in [-0.15, -0.1) is 0 Å². The third-order valence-corrected chi connectivity index (χ3v) is 2.62. The van der Waals surface area contributed by atoms with Gasteiger partial charge in [-0.2, -0.15) is 0 Å². The third kappa shape index (κ3) is 1.93. The first-order chi connectivity index (χ1) is 8.15. The SMILES string of the molecule is C=C1Nc2ccccc2C(=O)C1C(=O)OCC. The van der Waals surface area contributed by atoms with Crippen LogP contribution in [0.5, 0.6) is 0 Å². The summed E-state index contributed by atoms with van der Waals surface area (Å²) in [6.07, 6.45) is 0. The molecule has 0 fully saturated rings. The van der Waals surface area contributed by atoms with E-state index in [1.807, 2.05) is 6.07 Å². The number of nitrogens with one attached hydrogen (secondary N) is 1. The summed E-state index contributed by atoms with van der Waals surface area (Å²) in [7, 11) is 0. The van der Waals surface area contributed by atoms with Crippen LogP contribution in [0, 0.1) is 5.92 Å². The van der Waals surface area contributed by atoms with Gasteiger partial charge >= 0.3 is 5.97 Å². The Morgan fingerprint density at radius 2 is 2.18 bits per heavy atom. The van der Waals surface area contributed by atoms with Crippen molar-refractivity contribution in [1.82, 2.24) is 0 Å². The number of ketones is 1. The zero-order chi connectivity index (χ0) is 12.4. The number of Topliss-reactive ketones (excluding diaryl/α,β-unsaturated/α-hetero) is 1. The number of carbonyl (C=O) groups excluding carboxylic acids is 2. The van der Waals surface area contributed by atoms with E-state index in [9.17, 15) is 9.59 Å². The van der Waals surface area contributed by atoms with Crippen molar-refractivity contribution in [2.45, 2.75) is 6.92 Å². The van der Waals surface area contributed by atoms with Gasteiger partial charge in [0.05, 0.1) is 6.61 Å². The number of benzene rings is 1. The van der Waals surface area contributed by atoms with Crippen molar-refractivity contribution in [2.75, 3.05) is 11.9 Å². The Hall–Kier alpha value is -2.10. The highest BCUT2D eigenvalue weighted by atomic mass is 16.5. The van der Waals surface area contributed by atoms with Crippen molar-refractivity contribution < 1.29 is 14.3 Å². The summed E-state index contributed by atoms with van der Waals surface area (Å²) in [6.45, 7) is 5.67. The molecule has 1 unspecified atom stereocenters. The maximum absolute atomic E-state index is 12.1. The number of carbonyl (C=O) groups is 2. The molecule has 0 aliphatic carbocycles. The predicted octanol–water partition coefficient (Wildman–Crippen LogP) is 1.99. The van der Waals surface area contributed by atoms with Crippen molar-refractivity contribution in [3.63, 3.8) is 0 Å². The third-order valence-electron chi connectivity index (χ3n) is 2.62. The second-order valence-electron chi connectivity index (χ2n) is 3.75. The normalized spacial score (nSPS) is 18.3. The lowest BCUT2D eigenvalue weighted by Crippen LogP contribution is -2.34. The highest BCUT2D eigenvalue weighted by Gasteiger charge is 2.36. The van der Waals surface area contributed by atoms with E-state index in [2.05, 4.69) is 11.9 Å². The lowest BCUT2D eigenvalue weighted by Gasteiger charge is -2.25. The molecule has 1 aliphatic rings. The Labute approximate surface area is 99.3 Å². The maximum atomic E-state index is 12.1. The summed E-state index contributed by atoms with van der Waals surface area (Å²) >= 11 is 0. The standard InChI is InChI=1S/C13H13NO3/c1-3-17-13(16)11-8(2)14-10-7-5-4-6-9(10)12(11)15/h4-7,11,14H,2-3H2,1H3. The molecule has 1 atom stereocenters. The van der Waals surface area contributed by atoms with Gasteiger partial charge in [-0.25, -0.2) is 0 Å². The average molecular weight is 231 g/mol. The smallest absolute Gasteiger partial charge is 0.322 e. The van der Waals surface area contributed by atoms with Gasteiger partial charge in [0, 0.05) is 16.9 Å². The Morgan fingerprint density at radius 1 is 1.47 bits per heavy atom. The van der Waals surface area contributed by atoms with Crippen LogP contribution in [0.3, 0.4) is 0 Å². The topological polar surface area (TPSA) is 55.4 Å². The Morgan fingerprint density at radius 3 is 2.88 bits per heavy atom. The average Bonchev–Trinajstić information content (AvgIpc) is 2.29. The number of esters is 1. The molecule has 1 aromatic rings. The highest BCUT2D eigenvalue weighted by molar-refractivity contribution is 6.15. The molecule has 0 saturated carbocycles. The summed E-state index contributed by atoms with van der Waals surface area (Å²) in [5.41, 5.74) is 1.55. The van der Waals surface area contributed by atoms with Crippen molar-refractivity contribution in [3.05, 3.63) is 42.1 Å². The van der Waals surface area contributed by atoms with Crippen LogP contribution in [-0.4, -0.2) is 18.4 Å². The van der Waals surface area contributed by atoms with Gasteiger partial charge in [-0.3, -0.25) is 9.59 Å². The van der Waals surface area contributed by atoms with Crippen LogP contribution in [0.4, 0.5) is 5.69 Å². The quantitative estimate of drug-likeness (QED) is 0.624. The molecule has 4 heteroatoms. The van der Waals surface area contributed by atoms with Crippen molar-refractivity contribution in [2.24, 2.45) is 5.92 Å². The fourth-order valence-corrected chi connectivity index (χ4v) is 1.84. The zero-order valence-electron chi connectivity index (χ0n) is 9.53. The highest BCUT2D eigenvalue weighted by Crippen LogP contribution is 2.30. The zero-order valence-corrected chi connectivity index (χ0v) is 9.53. The predicted molar refractivity (Wildman–Crippen MR) is 63.7 cm³/mol. The second kappa shape index (κ2) is 4.41. The van der Waals surface area contributed by atoms with Gasteiger partial charge < -0.3 is 10.1 Å².